The van der Waals surface area contributed by atoms with Crippen LogP contribution in [0.2, 0.25) is 5.15 Å². The van der Waals surface area contributed by atoms with Gasteiger partial charge in [0, 0.05) is 18.0 Å². The molecule has 0 aromatic carbocycles. The van der Waals surface area contributed by atoms with Crippen LogP contribution in [-0.2, 0) is 0 Å². The van der Waals surface area contributed by atoms with Crippen LogP contribution in [0.3, 0.4) is 0 Å². The van der Waals surface area contributed by atoms with Crippen LogP contribution >= 0.6 is 11.6 Å². The molecule has 0 aliphatic carbocycles. The number of nitro groups is 1. The van der Waals surface area contributed by atoms with Gasteiger partial charge >= 0.3 is 5.69 Å². The van der Waals surface area contributed by atoms with E-state index in [-0.39, 0.29) is 16.5 Å². The zero-order valence-electron chi connectivity index (χ0n) is 8.79. The quantitative estimate of drug-likeness (QED) is 0.464. The van der Waals surface area contributed by atoms with Gasteiger partial charge in [0.2, 0.25) is 5.15 Å². The van der Waals surface area contributed by atoms with Crippen LogP contribution < -0.4 is 0 Å². The van der Waals surface area contributed by atoms with E-state index < -0.39 is 4.92 Å². The molecule has 0 aliphatic rings. The Morgan fingerprint density at radius 2 is 2.12 bits per heavy atom. The number of hydrogen-bond donors (Lipinski definition) is 0. The molecule has 2 rings (SSSR count). The standard InChI is InChI=1S/C10H7ClN4O2/c1-6-2-7(4-12-3-6)8-9(15(16)17)10(11)14-5-13-8/h2-5H,1H3. The lowest BCUT2D eigenvalue weighted by Crippen LogP contribution is -1.98. The van der Waals surface area contributed by atoms with Gasteiger partial charge in [0.15, 0.2) is 5.69 Å². The first-order valence-corrected chi connectivity index (χ1v) is 5.04. The first-order valence-electron chi connectivity index (χ1n) is 4.66. The summed E-state index contributed by atoms with van der Waals surface area (Å²) in [4.78, 5) is 21.8. The van der Waals surface area contributed by atoms with Gasteiger partial charge in [-0.15, -0.1) is 0 Å². The molecule has 7 heteroatoms. The maximum absolute atomic E-state index is 10.9. The topological polar surface area (TPSA) is 81.8 Å². The van der Waals surface area contributed by atoms with E-state index >= 15 is 0 Å². The molecule has 0 saturated carbocycles. The second-order valence-electron chi connectivity index (χ2n) is 3.37. The van der Waals surface area contributed by atoms with E-state index in [0.717, 1.165) is 5.56 Å². The second kappa shape index (κ2) is 4.42. The monoisotopic (exact) mass is 250 g/mol. The highest BCUT2D eigenvalue weighted by molar-refractivity contribution is 6.31. The van der Waals surface area contributed by atoms with Crippen LogP contribution in [-0.4, -0.2) is 19.9 Å². The summed E-state index contributed by atoms with van der Waals surface area (Å²) in [6.07, 6.45) is 4.34. The van der Waals surface area contributed by atoms with E-state index in [2.05, 4.69) is 15.0 Å². The van der Waals surface area contributed by atoms with Crippen LogP contribution in [0, 0.1) is 17.0 Å². The van der Waals surface area contributed by atoms with Gasteiger partial charge in [-0.1, -0.05) is 11.6 Å². The summed E-state index contributed by atoms with van der Waals surface area (Å²) in [6, 6.07) is 1.75. The van der Waals surface area contributed by atoms with Crippen LogP contribution in [0.1, 0.15) is 5.56 Å². The minimum atomic E-state index is -0.597. The van der Waals surface area contributed by atoms with E-state index in [4.69, 9.17) is 11.6 Å². The minimum Gasteiger partial charge on any atom is -0.264 e. The van der Waals surface area contributed by atoms with Crippen molar-refractivity contribution in [3.63, 3.8) is 0 Å². The molecule has 0 unspecified atom stereocenters. The van der Waals surface area contributed by atoms with Crippen molar-refractivity contribution in [1.29, 1.82) is 0 Å². The highest BCUT2D eigenvalue weighted by Crippen LogP contribution is 2.31. The molecule has 0 spiro atoms. The molecule has 0 atom stereocenters. The molecule has 0 amide bonds. The first kappa shape index (κ1) is 11.4. The van der Waals surface area contributed by atoms with E-state index in [0.29, 0.717) is 5.56 Å². The highest BCUT2D eigenvalue weighted by atomic mass is 35.5. The van der Waals surface area contributed by atoms with E-state index in [1.54, 1.807) is 12.3 Å². The van der Waals surface area contributed by atoms with Crippen LogP contribution in [0.25, 0.3) is 11.3 Å². The third-order valence-corrected chi connectivity index (χ3v) is 2.39. The Morgan fingerprint density at radius 3 is 2.76 bits per heavy atom. The number of halogens is 1. The number of hydrogen-bond acceptors (Lipinski definition) is 5. The lowest BCUT2D eigenvalue weighted by molar-refractivity contribution is -0.384. The molecule has 0 N–H and O–H groups in total. The summed E-state index contributed by atoms with van der Waals surface area (Å²) in [6.45, 7) is 1.84. The fraction of sp³-hybridized carbons (Fsp3) is 0.100. The Morgan fingerprint density at radius 1 is 1.35 bits per heavy atom. The van der Waals surface area contributed by atoms with Crippen LogP contribution in [0.4, 0.5) is 5.69 Å². The molecule has 0 bridgehead atoms. The van der Waals surface area contributed by atoms with E-state index in [1.807, 2.05) is 6.92 Å². The lowest BCUT2D eigenvalue weighted by Gasteiger charge is -2.03. The van der Waals surface area contributed by atoms with Crippen molar-refractivity contribution >= 4 is 17.3 Å². The predicted octanol–water partition coefficient (Wildman–Crippen LogP) is 2.41. The number of pyridine rings is 1. The second-order valence-corrected chi connectivity index (χ2v) is 3.73. The molecule has 2 heterocycles. The normalized spacial score (nSPS) is 10.2. The molecule has 0 radical (unpaired) electrons. The average molecular weight is 251 g/mol. The maximum Gasteiger partial charge on any atom is 0.332 e. The molecule has 0 aliphatic heterocycles. The smallest absolute Gasteiger partial charge is 0.264 e. The molecule has 2 aromatic heterocycles. The third-order valence-electron chi connectivity index (χ3n) is 2.11. The van der Waals surface area contributed by atoms with Gasteiger partial charge in [0.25, 0.3) is 0 Å². The summed E-state index contributed by atoms with van der Waals surface area (Å²) < 4.78 is 0. The summed E-state index contributed by atoms with van der Waals surface area (Å²) in [7, 11) is 0. The van der Waals surface area contributed by atoms with Gasteiger partial charge in [-0.2, -0.15) is 0 Å². The number of nitrogens with zero attached hydrogens (tertiary/aromatic N) is 4. The van der Waals surface area contributed by atoms with Gasteiger partial charge in [-0.05, 0) is 18.6 Å². The summed E-state index contributed by atoms with van der Waals surface area (Å²) in [5, 5.41) is 10.7. The van der Waals surface area contributed by atoms with Crippen molar-refractivity contribution in [3.05, 3.63) is 45.6 Å². The summed E-state index contributed by atoms with van der Waals surface area (Å²) in [5.74, 6) is 0. The van der Waals surface area contributed by atoms with Gasteiger partial charge in [-0.25, -0.2) is 9.97 Å². The Balaban J connectivity index is 2.67. The fourth-order valence-corrected chi connectivity index (χ4v) is 1.62. The van der Waals surface area contributed by atoms with Crippen molar-refractivity contribution in [2.75, 3.05) is 0 Å². The Kier molecular flexibility index (Phi) is 2.97. The predicted molar refractivity (Wildman–Crippen MR) is 61.7 cm³/mol. The molecule has 86 valence electrons. The van der Waals surface area contributed by atoms with Crippen LogP contribution in [0.5, 0.6) is 0 Å². The number of rotatable bonds is 2. The average Bonchev–Trinajstić information content (AvgIpc) is 2.28. The summed E-state index contributed by atoms with van der Waals surface area (Å²) >= 11 is 5.70. The van der Waals surface area contributed by atoms with Crippen molar-refractivity contribution in [2.45, 2.75) is 6.92 Å². The van der Waals surface area contributed by atoms with Crippen molar-refractivity contribution in [3.8, 4) is 11.3 Å². The zero-order valence-corrected chi connectivity index (χ0v) is 9.55. The largest absolute Gasteiger partial charge is 0.332 e. The van der Waals surface area contributed by atoms with Crippen LogP contribution in [0.15, 0.2) is 24.8 Å². The molecule has 17 heavy (non-hydrogen) atoms. The van der Waals surface area contributed by atoms with Gasteiger partial charge in [-0.3, -0.25) is 15.1 Å². The number of aromatic nitrogens is 3. The SMILES string of the molecule is Cc1cncc(-c2ncnc(Cl)c2[N+](=O)[O-])c1. The molecule has 0 fully saturated rings. The molecular weight excluding hydrogens is 244 g/mol. The Bertz CT molecular complexity index is 588. The van der Waals surface area contributed by atoms with Gasteiger partial charge in [0.1, 0.15) is 6.33 Å². The lowest BCUT2D eigenvalue weighted by atomic mass is 10.1. The third kappa shape index (κ3) is 2.21. The molecule has 2 aromatic rings. The minimum absolute atomic E-state index is 0.172. The fourth-order valence-electron chi connectivity index (χ4n) is 1.41. The van der Waals surface area contributed by atoms with Crippen molar-refractivity contribution < 1.29 is 4.92 Å². The molecule has 6 nitrogen and oxygen atoms in total. The zero-order chi connectivity index (χ0) is 12.4. The van der Waals surface area contributed by atoms with Gasteiger partial charge < -0.3 is 0 Å². The van der Waals surface area contributed by atoms with Crippen molar-refractivity contribution in [2.24, 2.45) is 0 Å². The van der Waals surface area contributed by atoms with Gasteiger partial charge in [0.05, 0.1) is 4.92 Å². The summed E-state index contributed by atoms with van der Waals surface area (Å²) in [5.41, 5.74) is 1.29. The maximum atomic E-state index is 10.9. The molecular formula is C10H7ClN4O2. The Labute approximate surface area is 101 Å². The number of aryl methyl sites for hydroxylation is 1. The first-order chi connectivity index (χ1) is 8.09. The van der Waals surface area contributed by atoms with E-state index in [1.165, 1.54) is 12.5 Å². The van der Waals surface area contributed by atoms with E-state index in [9.17, 15) is 10.1 Å². The highest BCUT2D eigenvalue weighted by Gasteiger charge is 2.22. The van der Waals surface area contributed by atoms with Crippen molar-refractivity contribution in [1.82, 2.24) is 15.0 Å². The molecule has 0 saturated heterocycles. The Hall–Kier alpha value is -2.08.